The summed E-state index contributed by atoms with van der Waals surface area (Å²) in [5, 5.41) is 10.9. The predicted molar refractivity (Wildman–Crippen MR) is 88.7 cm³/mol. The average molecular weight is 454 g/mol. The minimum Gasteiger partial charge on any atom is -0.478 e. The Labute approximate surface area is 143 Å². The van der Waals surface area contributed by atoms with E-state index in [2.05, 4.69) is 31.9 Å². The lowest BCUT2D eigenvalue weighted by Crippen LogP contribution is -2.09. The van der Waals surface area contributed by atoms with Gasteiger partial charge in [0.2, 0.25) is 0 Å². The zero-order valence-electron chi connectivity index (χ0n) is 10.8. The van der Waals surface area contributed by atoms with Crippen molar-refractivity contribution in [3.63, 3.8) is 0 Å². The first-order chi connectivity index (χ1) is 9.70. The second kappa shape index (κ2) is 6.20. The third kappa shape index (κ3) is 3.74. The van der Waals surface area contributed by atoms with Gasteiger partial charge in [-0.15, -0.1) is 11.3 Å². The summed E-state index contributed by atoms with van der Waals surface area (Å²) >= 11 is 7.84. The first kappa shape index (κ1) is 16.7. The van der Waals surface area contributed by atoms with E-state index in [1.165, 1.54) is 23.5 Å². The molecule has 0 spiro atoms. The second-order valence-corrected chi connectivity index (χ2v) is 9.10. The number of halogens is 2. The van der Waals surface area contributed by atoms with Crippen molar-refractivity contribution in [2.45, 2.75) is 17.6 Å². The molecule has 0 aliphatic rings. The number of aromatic carboxylic acids is 1. The van der Waals surface area contributed by atoms with E-state index in [0.29, 0.717) is 14.9 Å². The van der Waals surface area contributed by atoms with Gasteiger partial charge < -0.3 is 5.11 Å². The smallest absolute Gasteiger partial charge is 0.335 e. The van der Waals surface area contributed by atoms with Gasteiger partial charge in [-0.1, -0.05) is 15.9 Å². The van der Waals surface area contributed by atoms with Crippen LogP contribution in [0.15, 0.2) is 37.4 Å². The van der Waals surface area contributed by atoms with Gasteiger partial charge in [-0.25, -0.2) is 13.2 Å². The van der Waals surface area contributed by atoms with Crippen molar-refractivity contribution >= 4 is 59.0 Å². The van der Waals surface area contributed by atoms with Crippen LogP contribution in [0.3, 0.4) is 0 Å². The SMILES string of the molecule is Cc1c(Br)cc(C(=O)O)cc1S(=O)(=O)Cc1cc(Br)cs1. The Morgan fingerprint density at radius 2 is 1.95 bits per heavy atom. The highest BCUT2D eigenvalue weighted by molar-refractivity contribution is 9.10. The Balaban J connectivity index is 2.51. The van der Waals surface area contributed by atoms with Gasteiger partial charge in [-0.05, 0) is 46.6 Å². The zero-order chi connectivity index (χ0) is 15.8. The van der Waals surface area contributed by atoms with Crippen molar-refractivity contribution in [3.05, 3.63) is 48.5 Å². The van der Waals surface area contributed by atoms with E-state index in [9.17, 15) is 13.2 Å². The quantitative estimate of drug-likeness (QED) is 0.750. The molecule has 0 atom stereocenters. The number of carboxylic acids is 1. The number of carbonyl (C=O) groups is 1. The van der Waals surface area contributed by atoms with Crippen LogP contribution in [0.1, 0.15) is 20.8 Å². The van der Waals surface area contributed by atoms with Crippen LogP contribution in [0.2, 0.25) is 0 Å². The maximum atomic E-state index is 12.5. The highest BCUT2D eigenvalue weighted by atomic mass is 79.9. The number of hydrogen-bond donors (Lipinski definition) is 1. The van der Waals surface area contributed by atoms with Gasteiger partial charge in [0.15, 0.2) is 9.84 Å². The van der Waals surface area contributed by atoms with E-state index < -0.39 is 15.8 Å². The van der Waals surface area contributed by atoms with Crippen molar-refractivity contribution < 1.29 is 18.3 Å². The molecule has 2 aromatic rings. The lowest BCUT2D eigenvalue weighted by Gasteiger charge is -2.10. The summed E-state index contributed by atoms with van der Waals surface area (Å²) in [7, 11) is -3.61. The van der Waals surface area contributed by atoms with Crippen molar-refractivity contribution in [1.29, 1.82) is 0 Å². The second-order valence-electron chi connectivity index (χ2n) is 4.38. The van der Waals surface area contributed by atoms with Crippen LogP contribution in [0.5, 0.6) is 0 Å². The fourth-order valence-corrected chi connectivity index (χ4v) is 5.86. The van der Waals surface area contributed by atoms with Gasteiger partial charge in [0, 0.05) is 19.2 Å². The highest BCUT2D eigenvalue weighted by Gasteiger charge is 2.22. The molecule has 1 aromatic heterocycles. The lowest BCUT2D eigenvalue weighted by molar-refractivity contribution is 0.0696. The summed E-state index contributed by atoms with van der Waals surface area (Å²) in [6, 6.07) is 4.35. The maximum Gasteiger partial charge on any atom is 0.335 e. The predicted octanol–water partition coefficient (Wildman–Crippen LogP) is 4.25. The highest BCUT2D eigenvalue weighted by Crippen LogP contribution is 2.30. The van der Waals surface area contributed by atoms with E-state index >= 15 is 0 Å². The first-order valence-electron chi connectivity index (χ1n) is 5.70. The van der Waals surface area contributed by atoms with Crippen LogP contribution in [0.4, 0.5) is 0 Å². The molecule has 112 valence electrons. The third-order valence-electron chi connectivity index (χ3n) is 2.83. The summed E-state index contributed by atoms with van der Waals surface area (Å²) < 4.78 is 26.4. The van der Waals surface area contributed by atoms with Crippen molar-refractivity contribution in [2.75, 3.05) is 0 Å². The molecule has 1 aromatic carbocycles. The van der Waals surface area contributed by atoms with Crippen molar-refractivity contribution in [3.8, 4) is 0 Å². The molecule has 8 heteroatoms. The van der Waals surface area contributed by atoms with E-state index in [-0.39, 0.29) is 16.2 Å². The summed E-state index contributed by atoms with van der Waals surface area (Å²) in [5.74, 6) is -1.31. The average Bonchev–Trinajstić information content (AvgIpc) is 2.76. The van der Waals surface area contributed by atoms with Crippen LogP contribution in [-0.2, 0) is 15.6 Å². The summed E-state index contributed by atoms with van der Waals surface area (Å²) in [4.78, 5) is 11.8. The molecular weight excluding hydrogens is 444 g/mol. The summed E-state index contributed by atoms with van der Waals surface area (Å²) in [6.45, 7) is 1.65. The molecule has 4 nitrogen and oxygen atoms in total. The summed E-state index contributed by atoms with van der Waals surface area (Å²) in [6.07, 6.45) is 0. The minimum atomic E-state index is -3.61. The van der Waals surface area contributed by atoms with Gasteiger partial charge in [-0.2, -0.15) is 0 Å². The minimum absolute atomic E-state index is 0.0406. The van der Waals surface area contributed by atoms with Gasteiger partial charge in [0.1, 0.15) is 0 Å². The first-order valence-corrected chi connectivity index (χ1v) is 9.81. The number of hydrogen-bond acceptors (Lipinski definition) is 4. The molecule has 2 rings (SSSR count). The number of thiophene rings is 1. The fourth-order valence-electron chi connectivity index (χ4n) is 1.79. The Bertz CT molecular complexity index is 810. The van der Waals surface area contributed by atoms with Gasteiger partial charge in [-0.3, -0.25) is 0 Å². The number of sulfone groups is 1. The molecule has 0 aliphatic heterocycles. The Morgan fingerprint density at radius 1 is 1.29 bits per heavy atom. The van der Waals surface area contributed by atoms with Gasteiger partial charge in [0.25, 0.3) is 0 Å². The third-order valence-corrected chi connectivity index (χ3v) is 7.32. The number of benzene rings is 1. The molecule has 1 N–H and O–H groups in total. The lowest BCUT2D eigenvalue weighted by atomic mass is 10.1. The van der Waals surface area contributed by atoms with E-state index in [4.69, 9.17) is 5.11 Å². The molecular formula is C13H10Br2O4S2. The van der Waals surface area contributed by atoms with E-state index in [1.807, 2.05) is 0 Å². The molecule has 0 saturated carbocycles. The molecule has 0 radical (unpaired) electrons. The standard InChI is InChI=1S/C13H10Br2O4S2/c1-7-11(15)2-8(13(16)17)3-12(7)21(18,19)6-10-4-9(14)5-20-10/h2-5H,6H2,1H3,(H,16,17). The van der Waals surface area contributed by atoms with Crippen LogP contribution in [0, 0.1) is 6.92 Å². The molecule has 0 fully saturated rings. The number of rotatable bonds is 4. The maximum absolute atomic E-state index is 12.5. The van der Waals surface area contributed by atoms with Gasteiger partial charge >= 0.3 is 5.97 Å². The van der Waals surface area contributed by atoms with Crippen molar-refractivity contribution in [1.82, 2.24) is 0 Å². The van der Waals surface area contributed by atoms with E-state index in [0.717, 1.165) is 4.47 Å². The number of carboxylic acid groups (broad SMARTS) is 1. The molecule has 21 heavy (non-hydrogen) atoms. The van der Waals surface area contributed by atoms with Crippen LogP contribution in [-0.4, -0.2) is 19.5 Å². The molecule has 0 aliphatic carbocycles. The topological polar surface area (TPSA) is 71.4 Å². The summed E-state index contributed by atoms with van der Waals surface area (Å²) in [5.41, 5.74) is 0.453. The van der Waals surface area contributed by atoms with Gasteiger partial charge in [0.05, 0.1) is 16.2 Å². The molecule has 0 unspecified atom stereocenters. The van der Waals surface area contributed by atoms with Crippen LogP contribution >= 0.6 is 43.2 Å². The van der Waals surface area contributed by atoms with E-state index in [1.54, 1.807) is 18.4 Å². The largest absolute Gasteiger partial charge is 0.478 e. The Morgan fingerprint density at radius 3 is 2.48 bits per heavy atom. The zero-order valence-corrected chi connectivity index (χ0v) is 15.6. The Kier molecular flexibility index (Phi) is 4.92. The van der Waals surface area contributed by atoms with Crippen LogP contribution < -0.4 is 0 Å². The van der Waals surface area contributed by atoms with Crippen molar-refractivity contribution in [2.24, 2.45) is 0 Å². The monoisotopic (exact) mass is 452 g/mol. The fraction of sp³-hybridized carbons (Fsp3) is 0.154. The molecule has 0 amide bonds. The molecule has 0 saturated heterocycles. The van der Waals surface area contributed by atoms with Crippen LogP contribution in [0.25, 0.3) is 0 Å². The molecule has 1 heterocycles. The molecule has 0 bridgehead atoms. The Hall–Kier alpha value is -0.700. The normalized spacial score (nSPS) is 11.6.